The van der Waals surface area contributed by atoms with Crippen molar-refractivity contribution in [3.05, 3.63) is 29.8 Å². The zero-order chi connectivity index (χ0) is 15.1. The highest BCUT2D eigenvalue weighted by molar-refractivity contribution is 6.39. The molecule has 0 aliphatic rings. The highest BCUT2D eigenvalue weighted by atomic mass is 19.2. The van der Waals surface area contributed by atoms with Gasteiger partial charge >= 0.3 is 11.8 Å². The lowest BCUT2D eigenvalue weighted by molar-refractivity contribution is -0.136. The molecular formula is C13H16F2N2O3. The summed E-state index contributed by atoms with van der Waals surface area (Å²) in [4.78, 5) is 22.8. The van der Waals surface area contributed by atoms with Gasteiger partial charge in [-0.15, -0.1) is 0 Å². The molecule has 1 aromatic rings. The van der Waals surface area contributed by atoms with E-state index in [0.717, 1.165) is 18.2 Å². The smallest absolute Gasteiger partial charge is 0.313 e. The Labute approximate surface area is 115 Å². The van der Waals surface area contributed by atoms with Crippen molar-refractivity contribution < 1.29 is 23.5 Å². The number of amides is 2. The zero-order valence-electron chi connectivity index (χ0n) is 11.0. The lowest BCUT2D eigenvalue weighted by Gasteiger charge is -2.09. The van der Waals surface area contributed by atoms with Gasteiger partial charge in [0.05, 0.1) is 6.10 Å². The first kappa shape index (κ1) is 16.0. The number of carbonyl (C=O) groups is 2. The molecule has 0 saturated carbocycles. The van der Waals surface area contributed by atoms with Gasteiger partial charge in [-0.1, -0.05) is 6.92 Å². The van der Waals surface area contributed by atoms with Crippen molar-refractivity contribution in [3.63, 3.8) is 0 Å². The third kappa shape index (κ3) is 4.93. The number of aliphatic hydroxyl groups is 1. The predicted molar refractivity (Wildman–Crippen MR) is 68.9 cm³/mol. The van der Waals surface area contributed by atoms with Crippen LogP contribution in [-0.2, 0) is 9.59 Å². The maximum Gasteiger partial charge on any atom is 0.313 e. The van der Waals surface area contributed by atoms with Crippen LogP contribution in [0, 0.1) is 11.6 Å². The van der Waals surface area contributed by atoms with Crippen LogP contribution in [-0.4, -0.2) is 29.6 Å². The lowest BCUT2D eigenvalue weighted by Crippen LogP contribution is -2.36. The molecule has 5 nitrogen and oxygen atoms in total. The Bertz CT molecular complexity index is 495. The molecule has 0 bridgehead atoms. The van der Waals surface area contributed by atoms with E-state index in [1.807, 2.05) is 0 Å². The summed E-state index contributed by atoms with van der Waals surface area (Å²) in [5, 5.41) is 13.7. The molecule has 0 aliphatic carbocycles. The van der Waals surface area contributed by atoms with Crippen molar-refractivity contribution in [1.82, 2.24) is 5.32 Å². The van der Waals surface area contributed by atoms with E-state index in [1.165, 1.54) is 0 Å². The van der Waals surface area contributed by atoms with Crippen LogP contribution in [0.1, 0.15) is 19.8 Å². The molecule has 0 spiro atoms. The number of carbonyl (C=O) groups excluding carboxylic acids is 2. The molecule has 1 rings (SSSR count). The molecule has 0 fully saturated rings. The van der Waals surface area contributed by atoms with E-state index in [1.54, 1.807) is 6.92 Å². The lowest BCUT2D eigenvalue weighted by atomic mass is 10.2. The second kappa shape index (κ2) is 7.54. The van der Waals surface area contributed by atoms with Crippen molar-refractivity contribution in [1.29, 1.82) is 0 Å². The van der Waals surface area contributed by atoms with Crippen LogP contribution in [0.2, 0.25) is 0 Å². The second-order valence-corrected chi connectivity index (χ2v) is 4.19. The summed E-state index contributed by atoms with van der Waals surface area (Å²) in [6.07, 6.45) is 0.349. The van der Waals surface area contributed by atoms with Crippen LogP contribution in [0.3, 0.4) is 0 Å². The Balaban J connectivity index is 2.45. The molecule has 1 atom stereocenters. The molecule has 1 unspecified atom stereocenters. The van der Waals surface area contributed by atoms with Crippen LogP contribution in [0.4, 0.5) is 14.5 Å². The number of anilines is 1. The fourth-order valence-electron chi connectivity index (χ4n) is 1.40. The molecule has 110 valence electrons. The van der Waals surface area contributed by atoms with E-state index in [2.05, 4.69) is 10.6 Å². The summed E-state index contributed by atoms with van der Waals surface area (Å²) in [6, 6.07) is 2.77. The fraction of sp³-hybridized carbons (Fsp3) is 0.385. The summed E-state index contributed by atoms with van der Waals surface area (Å²) in [6.45, 7) is 1.95. The molecule has 2 amide bonds. The molecule has 1 aromatic carbocycles. The van der Waals surface area contributed by atoms with Crippen molar-refractivity contribution >= 4 is 17.5 Å². The molecule has 0 aliphatic heterocycles. The third-order valence-corrected chi connectivity index (χ3v) is 2.62. The topological polar surface area (TPSA) is 78.4 Å². The van der Waals surface area contributed by atoms with Crippen LogP contribution in [0.15, 0.2) is 18.2 Å². The van der Waals surface area contributed by atoms with Gasteiger partial charge in [0, 0.05) is 18.3 Å². The molecule has 7 heteroatoms. The summed E-state index contributed by atoms with van der Waals surface area (Å²) in [7, 11) is 0. The monoisotopic (exact) mass is 286 g/mol. The number of nitrogens with one attached hydrogen (secondary N) is 2. The van der Waals surface area contributed by atoms with Crippen LogP contribution >= 0.6 is 0 Å². The minimum atomic E-state index is -1.12. The van der Waals surface area contributed by atoms with Crippen LogP contribution < -0.4 is 10.6 Å². The normalized spacial score (nSPS) is 11.8. The Morgan fingerprint density at radius 2 is 1.95 bits per heavy atom. The predicted octanol–water partition coefficient (Wildman–Crippen LogP) is 1.18. The first-order valence-corrected chi connectivity index (χ1v) is 6.16. The number of rotatable bonds is 5. The summed E-state index contributed by atoms with van der Waals surface area (Å²) in [5.74, 6) is -4.05. The Kier molecular flexibility index (Phi) is 6.05. The summed E-state index contributed by atoms with van der Waals surface area (Å²) in [5.41, 5.74) is -0.0161. The van der Waals surface area contributed by atoms with Gasteiger partial charge in [0.25, 0.3) is 0 Å². The first-order chi connectivity index (χ1) is 9.43. The average Bonchev–Trinajstić information content (AvgIpc) is 2.42. The quantitative estimate of drug-likeness (QED) is 0.711. The van der Waals surface area contributed by atoms with Gasteiger partial charge in [-0.25, -0.2) is 8.78 Å². The molecule has 20 heavy (non-hydrogen) atoms. The summed E-state index contributed by atoms with van der Waals surface area (Å²) >= 11 is 0. The van der Waals surface area contributed by atoms with Gasteiger partial charge in [-0.05, 0) is 25.0 Å². The maximum atomic E-state index is 12.9. The van der Waals surface area contributed by atoms with Crippen molar-refractivity contribution in [2.75, 3.05) is 11.9 Å². The number of aliphatic hydroxyl groups excluding tert-OH is 1. The number of halogens is 2. The largest absolute Gasteiger partial charge is 0.393 e. The fourth-order valence-corrected chi connectivity index (χ4v) is 1.40. The standard InChI is InChI=1S/C13H16F2N2O3/c1-2-9(18)5-6-16-12(19)13(20)17-8-3-4-10(14)11(15)7-8/h3-4,7,9,18H,2,5-6H2,1H3,(H,16,19)(H,17,20). The van der Waals surface area contributed by atoms with E-state index in [4.69, 9.17) is 0 Å². The van der Waals surface area contributed by atoms with E-state index in [-0.39, 0.29) is 12.2 Å². The zero-order valence-corrected chi connectivity index (χ0v) is 11.0. The molecule has 0 heterocycles. The van der Waals surface area contributed by atoms with Gasteiger partial charge in [-0.3, -0.25) is 9.59 Å². The Morgan fingerprint density at radius 3 is 2.55 bits per heavy atom. The van der Waals surface area contributed by atoms with Gasteiger partial charge in [-0.2, -0.15) is 0 Å². The molecule has 0 saturated heterocycles. The Morgan fingerprint density at radius 1 is 1.25 bits per heavy atom. The first-order valence-electron chi connectivity index (χ1n) is 6.16. The summed E-state index contributed by atoms with van der Waals surface area (Å²) < 4.78 is 25.6. The van der Waals surface area contributed by atoms with E-state index in [0.29, 0.717) is 12.8 Å². The number of hydrogen-bond acceptors (Lipinski definition) is 3. The molecule has 3 N–H and O–H groups in total. The Hall–Kier alpha value is -2.02. The average molecular weight is 286 g/mol. The third-order valence-electron chi connectivity index (χ3n) is 2.62. The van der Waals surface area contributed by atoms with Gasteiger partial charge in [0.15, 0.2) is 11.6 Å². The van der Waals surface area contributed by atoms with Gasteiger partial charge in [0.2, 0.25) is 0 Å². The van der Waals surface area contributed by atoms with E-state index < -0.39 is 29.6 Å². The molecule has 0 radical (unpaired) electrons. The minimum absolute atomic E-state index is 0.0161. The van der Waals surface area contributed by atoms with Crippen molar-refractivity contribution in [3.8, 4) is 0 Å². The second-order valence-electron chi connectivity index (χ2n) is 4.19. The SMILES string of the molecule is CCC(O)CCNC(=O)C(=O)Nc1ccc(F)c(F)c1. The maximum absolute atomic E-state index is 12.9. The minimum Gasteiger partial charge on any atom is -0.393 e. The number of hydrogen-bond donors (Lipinski definition) is 3. The van der Waals surface area contributed by atoms with Gasteiger partial charge in [0.1, 0.15) is 0 Å². The van der Waals surface area contributed by atoms with E-state index >= 15 is 0 Å². The molecular weight excluding hydrogens is 270 g/mol. The number of benzene rings is 1. The van der Waals surface area contributed by atoms with Crippen LogP contribution in [0.5, 0.6) is 0 Å². The van der Waals surface area contributed by atoms with Crippen LogP contribution in [0.25, 0.3) is 0 Å². The van der Waals surface area contributed by atoms with Gasteiger partial charge < -0.3 is 15.7 Å². The highest BCUT2D eigenvalue weighted by Gasteiger charge is 2.14. The van der Waals surface area contributed by atoms with Crippen molar-refractivity contribution in [2.24, 2.45) is 0 Å². The molecule has 0 aromatic heterocycles. The van der Waals surface area contributed by atoms with Crippen molar-refractivity contribution in [2.45, 2.75) is 25.9 Å². The van der Waals surface area contributed by atoms with E-state index in [9.17, 15) is 23.5 Å². The highest BCUT2D eigenvalue weighted by Crippen LogP contribution is 2.12.